The van der Waals surface area contributed by atoms with E-state index in [0.717, 1.165) is 23.8 Å². The second kappa shape index (κ2) is 10.1. The number of aromatic nitrogens is 3. The van der Waals surface area contributed by atoms with Crippen LogP contribution < -0.4 is 5.32 Å². The van der Waals surface area contributed by atoms with Crippen molar-refractivity contribution < 1.29 is 9.18 Å². The van der Waals surface area contributed by atoms with Crippen LogP contribution in [0.1, 0.15) is 44.0 Å². The maximum absolute atomic E-state index is 13.6. The molecule has 1 aromatic carbocycles. The Hall–Kier alpha value is -1.54. The highest BCUT2D eigenvalue weighted by molar-refractivity contribution is 8.00. The quantitative estimate of drug-likeness (QED) is 0.500. The number of nitrogens with zero attached hydrogens (tertiary/aromatic N) is 3. The predicted octanol–water partition coefficient (Wildman–Crippen LogP) is 4.10. The largest absolute Gasteiger partial charge is 0.355 e. The smallest absolute Gasteiger partial charge is 0.230 e. The molecule has 2 aromatic rings. The van der Waals surface area contributed by atoms with Gasteiger partial charge in [0.05, 0.1) is 5.75 Å². The summed E-state index contributed by atoms with van der Waals surface area (Å²) in [5, 5.41) is 12.6. The molecule has 1 aromatic heterocycles. The van der Waals surface area contributed by atoms with E-state index in [-0.39, 0.29) is 17.5 Å². The first kappa shape index (κ1) is 20.2. The Labute approximate surface area is 167 Å². The lowest BCUT2D eigenvalue weighted by molar-refractivity contribution is -0.118. The van der Waals surface area contributed by atoms with Gasteiger partial charge < -0.3 is 9.88 Å². The molecule has 1 fully saturated rings. The van der Waals surface area contributed by atoms with Gasteiger partial charge in [0.25, 0.3) is 0 Å². The van der Waals surface area contributed by atoms with Crippen LogP contribution in [0.25, 0.3) is 0 Å². The van der Waals surface area contributed by atoms with Crippen molar-refractivity contribution in [2.75, 3.05) is 18.6 Å². The third kappa shape index (κ3) is 5.48. The molecule has 1 aliphatic carbocycles. The minimum Gasteiger partial charge on any atom is -0.355 e. The molecular formula is C19H25FN4OS2. The number of carbonyl (C=O) groups excluding carboxylic acids is 1. The fraction of sp³-hybridized carbons (Fsp3) is 0.526. The highest BCUT2D eigenvalue weighted by atomic mass is 32.2. The van der Waals surface area contributed by atoms with Crippen LogP contribution >= 0.6 is 23.5 Å². The number of aryl methyl sites for hydroxylation is 1. The van der Waals surface area contributed by atoms with Crippen LogP contribution in [0.5, 0.6) is 0 Å². The second-order valence-electron chi connectivity index (χ2n) is 6.58. The van der Waals surface area contributed by atoms with Crippen LogP contribution in [0, 0.1) is 5.82 Å². The lowest BCUT2D eigenvalue weighted by Gasteiger charge is -2.16. The number of amides is 1. The van der Waals surface area contributed by atoms with Gasteiger partial charge in [0.2, 0.25) is 5.91 Å². The summed E-state index contributed by atoms with van der Waals surface area (Å²) in [7, 11) is 0. The molecule has 146 valence electrons. The molecule has 0 saturated heterocycles. The maximum atomic E-state index is 13.6. The van der Waals surface area contributed by atoms with E-state index in [1.165, 1.54) is 43.5 Å². The van der Waals surface area contributed by atoms with Crippen molar-refractivity contribution >= 4 is 29.4 Å². The van der Waals surface area contributed by atoms with Gasteiger partial charge >= 0.3 is 0 Å². The SMILES string of the molecule is CSc1nnc(CCCNC(=O)CSc2ccccc2F)n1C1CCCC1. The van der Waals surface area contributed by atoms with Gasteiger partial charge in [0.15, 0.2) is 5.16 Å². The number of carbonyl (C=O) groups is 1. The molecule has 5 nitrogen and oxygen atoms in total. The van der Waals surface area contributed by atoms with E-state index in [1.54, 1.807) is 30.0 Å². The third-order valence-electron chi connectivity index (χ3n) is 4.70. The van der Waals surface area contributed by atoms with E-state index in [2.05, 4.69) is 20.1 Å². The molecule has 0 unspecified atom stereocenters. The number of halogens is 1. The van der Waals surface area contributed by atoms with E-state index in [1.807, 2.05) is 6.26 Å². The molecule has 3 rings (SSSR count). The lowest BCUT2D eigenvalue weighted by Crippen LogP contribution is -2.26. The van der Waals surface area contributed by atoms with Crippen molar-refractivity contribution in [3.63, 3.8) is 0 Å². The number of nitrogens with one attached hydrogen (secondary N) is 1. The second-order valence-corrected chi connectivity index (χ2v) is 8.37. The summed E-state index contributed by atoms with van der Waals surface area (Å²) in [5.74, 6) is 0.869. The summed E-state index contributed by atoms with van der Waals surface area (Å²) in [6.45, 7) is 0.586. The third-order valence-corrected chi connectivity index (χ3v) is 6.39. The Morgan fingerprint density at radius 2 is 2.07 bits per heavy atom. The highest BCUT2D eigenvalue weighted by Gasteiger charge is 2.23. The zero-order valence-electron chi connectivity index (χ0n) is 15.5. The number of benzene rings is 1. The Kier molecular flexibility index (Phi) is 7.58. The zero-order chi connectivity index (χ0) is 19.1. The van der Waals surface area contributed by atoms with Crippen LogP contribution in [0.4, 0.5) is 4.39 Å². The van der Waals surface area contributed by atoms with E-state index >= 15 is 0 Å². The minimum atomic E-state index is -0.286. The van der Waals surface area contributed by atoms with Crippen LogP contribution in [0.15, 0.2) is 34.3 Å². The van der Waals surface area contributed by atoms with Crippen molar-refractivity contribution in [3.05, 3.63) is 35.9 Å². The molecular weight excluding hydrogens is 383 g/mol. The standard InChI is InChI=1S/C19H25FN4OS2/c1-26-19-23-22-17(24(19)14-7-2-3-8-14)11-6-12-21-18(25)13-27-16-10-5-4-9-15(16)20/h4-5,9-10,14H,2-3,6-8,11-13H2,1H3,(H,21,25). The lowest BCUT2D eigenvalue weighted by atomic mass is 10.2. The Bertz CT molecular complexity index is 762. The normalized spacial score (nSPS) is 14.6. The summed E-state index contributed by atoms with van der Waals surface area (Å²) in [5.41, 5.74) is 0. The van der Waals surface area contributed by atoms with Crippen LogP contribution in [0.3, 0.4) is 0 Å². The average Bonchev–Trinajstić information content (AvgIpc) is 3.33. The molecule has 0 atom stereocenters. The van der Waals surface area contributed by atoms with Gasteiger partial charge in [-0.15, -0.1) is 22.0 Å². The van der Waals surface area contributed by atoms with Gasteiger partial charge in [-0.3, -0.25) is 4.79 Å². The minimum absolute atomic E-state index is 0.0784. The van der Waals surface area contributed by atoms with E-state index < -0.39 is 0 Å². The van der Waals surface area contributed by atoms with Crippen molar-refractivity contribution in [1.82, 2.24) is 20.1 Å². The van der Waals surface area contributed by atoms with Crippen LogP contribution in [0.2, 0.25) is 0 Å². The fourth-order valence-electron chi connectivity index (χ4n) is 3.38. The van der Waals surface area contributed by atoms with Crippen molar-refractivity contribution in [2.45, 2.75) is 54.6 Å². The van der Waals surface area contributed by atoms with Gasteiger partial charge in [0, 0.05) is 23.9 Å². The van der Waals surface area contributed by atoms with Gasteiger partial charge in [-0.1, -0.05) is 36.7 Å². The average molecular weight is 409 g/mol. The van der Waals surface area contributed by atoms with Crippen molar-refractivity contribution in [1.29, 1.82) is 0 Å². The van der Waals surface area contributed by atoms with Gasteiger partial charge in [-0.05, 0) is 37.7 Å². The molecule has 8 heteroatoms. The summed E-state index contributed by atoms with van der Waals surface area (Å²) >= 11 is 2.86. The predicted molar refractivity (Wildman–Crippen MR) is 108 cm³/mol. The Morgan fingerprint density at radius 3 is 2.81 bits per heavy atom. The number of thioether (sulfide) groups is 2. The van der Waals surface area contributed by atoms with E-state index in [9.17, 15) is 9.18 Å². The number of rotatable bonds is 9. The molecule has 0 radical (unpaired) electrons. The van der Waals surface area contributed by atoms with Crippen LogP contribution in [-0.2, 0) is 11.2 Å². The summed E-state index contributed by atoms with van der Waals surface area (Å²) in [6, 6.07) is 7.03. The first-order valence-electron chi connectivity index (χ1n) is 9.31. The first-order valence-corrected chi connectivity index (χ1v) is 11.5. The van der Waals surface area contributed by atoms with Crippen molar-refractivity contribution in [3.8, 4) is 0 Å². The van der Waals surface area contributed by atoms with E-state index in [0.29, 0.717) is 17.5 Å². The molecule has 1 amide bonds. The molecule has 0 spiro atoms. The Balaban J connectivity index is 1.43. The molecule has 1 saturated carbocycles. The zero-order valence-corrected chi connectivity index (χ0v) is 17.1. The molecule has 1 aliphatic rings. The topological polar surface area (TPSA) is 59.8 Å². The van der Waals surface area contributed by atoms with Gasteiger partial charge in [-0.2, -0.15) is 0 Å². The molecule has 1 heterocycles. The number of hydrogen-bond donors (Lipinski definition) is 1. The number of hydrogen-bond acceptors (Lipinski definition) is 5. The summed E-state index contributed by atoms with van der Waals surface area (Å²) in [6.07, 6.45) is 8.58. The molecule has 27 heavy (non-hydrogen) atoms. The summed E-state index contributed by atoms with van der Waals surface area (Å²) < 4.78 is 15.9. The van der Waals surface area contributed by atoms with Gasteiger partial charge in [-0.25, -0.2) is 4.39 Å². The van der Waals surface area contributed by atoms with E-state index in [4.69, 9.17) is 0 Å². The molecule has 1 N–H and O–H groups in total. The van der Waals surface area contributed by atoms with Crippen LogP contribution in [-0.4, -0.2) is 39.2 Å². The fourth-order valence-corrected chi connectivity index (χ4v) is 4.72. The maximum Gasteiger partial charge on any atom is 0.230 e. The highest BCUT2D eigenvalue weighted by Crippen LogP contribution is 2.33. The van der Waals surface area contributed by atoms with Gasteiger partial charge in [0.1, 0.15) is 11.6 Å². The first-order chi connectivity index (χ1) is 13.2. The summed E-state index contributed by atoms with van der Waals surface area (Å²) in [4.78, 5) is 12.5. The van der Waals surface area contributed by atoms with Crippen molar-refractivity contribution in [2.24, 2.45) is 0 Å². The molecule has 0 aliphatic heterocycles. The Morgan fingerprint density at radius 1 is 1.30 bits per heavy atom. The monoisotopic (exact) mass is 408 g/mol. The molecule has 0 bridgehead atoms.